The van der Waals surface area contributed by atoms with Gasteiger partial charge in [-0.15, -0.1) is 11.3 Å². The third kappa shape index (κ3) is 2.87. The molecule has 2 heterocycles. The lowest BCUT2D eigenvalue weighted by molar-refractivity contribution is 0.101. The van der Waals surface area contributed by atoms with Crippen molar-refractivity contribution in [2.45, 2.75) is 6.92 Å². The van der Waals surface area contributed by atoms with Crippen LogP contribution in [0, 0.1) is 18.3 Å². The third-order valence-electron chi connectivity index (χ3n) is 2.90. The van der Waals surface area contributed by atoms with Crippen molar-refractivity contribution in [1.29, 1.82) is 5.26 Å². The molecule has 0 aliphatic heterocycles. The molecule has 2 aromatic heterocycles. The highest BCUT2D eigenvalue weighted by Crippen LogP contribution is 2.25. The predicted octanol–water partition coefficient (Wildman–Crippen LogP) is 3.23. The summed E-state index contributed by atoms with van der Waals surface area (Å²) in [7, 11) is 0. The van der Waals surface area contributed by atoms with Crippen molar-refractivity contribution in [3.05, 3.63) is 52.7 Å². The average Bonchev–Trinajstić information content (AvgIpc) is 3.16. The molecule has 0 aliphatic rings. The minimum Gasteiger partial charge on any atom is -0.361 e. The van der Waals surface area contributed by atoms with E-state index >= 15 is 0 Å². The number of carbonyl (C=O) groups is 1. The van der Waals surface area contributed by atoms with Crippen molar-refractivity contribution in [1.82, 2.24) is 10.1 Å². The molecule has 22 heavy (non-hydrogen) atoms. The molecule has 6 nitrogen and oxygen atoms in total. The van der Waals surface area contributed by atoms with E-state index in [0.29, 0.717) is 16.5 Å². The second kappa shape index (κ2) is 5.79. The first-order valence-corrected chi connectivity index (χ1v) is 7.24. The van der Waals surface area contributed by atoms with Crippen LogP contribution in [-0.2, 0) is 0 Å². The van der Waals surface area contributed by atoms with Crippen LogP contribution in [0.25, 0.3) is 11.3 Å². The SMILES string of the molecule is Cc1cc(C(=O)Nc2nc(-c3ccc(C#N)cc3)cs2)no1. The number of benzene rings is 1. The minimum absolute atomic E-state index is 0.215. The molecule has 1 amide bonds. The summed E-state index contributed by atoms with van der Waals surface area (Å²) in [6, 6.07) is 10.7. The number of aryl methyl sites for hydroxylation is 1. The fourth-order valence-electron chi connectivity index (χ4n) is 1.81. The van der Waals surface area contributed by atoms with Gasteiger partial charge >= 0.3 is 0 Å². The Morgan fingerprint density at radius 2 is 2.14 bits per heavy atom. The van der Waals surface area contributed by atoms with Gasteiger partial charge in [-0.05, 0) is 19.1 Å². The molecule has 3 aromatic rings. The zero-order chi connectivity index (χ0) is 15.5. The summed E-state index contributed by atoms with van der Waals surface area (Å²) in [6.07, 6.45) is 0. The van der Waals surface area contributed by atoms with Crippen LogP contribution >= 0.6 is 11.3 Å². The van der Waals surface area contributed by atoms with E-state index in [-0.39, 0.29) is 11.6 Å². The van der Waals surface area contributed by atoms with Gasteiger partial charge in [0.1, 0.15) is 5.76 Å². The summed E-state index contributed by atoms with van der Waals surface area (Å²) in [5.74, 6) is 0.208. The molecule has 0 radical (unpaired) electrons. The molecule has 0 bridgehead atoms. The molecule has 108 valence electrons. The van der Waals surface area contributed by atoms with E-state index in [1.54, 1.807) is 25.1 Å². The second-order valence-corrected chi connectivity index (χ2v) is 5.36. The van der Waals surface area contributed by atoms with Crippen LogP contribution < -0.4 is 5.32 Å². The van der Waals surface area contributed by atoms with Crippen LogP contribution in [0.4, 0.5) is 5.13 Å². The average molecular weight is 310 g/mol. The van der Waals surface area contributed by atoms with E-state index in [9.17, 15) is 4.79 Å². The van der Waals surface area contributed by atoms with Gasteiger partial charge in [0.2, 0.25) is 0 Å². The Bertz CT molecular complexity index is 858. The van der Waals surface area contributed by atoms with Crippen molar-refractivity contribution >= 4 is 22.4 Å². The van der Waals surface area contributed by atoms with E-state index in [4.69, 9.17) is 9.78 Å². The number of rotatable bonds is 3. The molecular formula is C15H10N4O2S. The van der Waals surface area contributed by atoms with E-state index < -0.39 is 0 Å². The quantitative estimate of drug-likeness (QED) is 0.801. The van der Waals surface area contributed by atoms with Crippen LogP contribution in [0.1, 0.15) is 21.8 Å². The lowest BCUT2D eigenvalue weighted by atomic mass is 10.1. The van der Waals surface area contributed by atoms with E-state index in [0.717, 1.165) is 11.3 Å². The van der Waals surface area contributed by atoms with Gasteiger partial charge < -0.3 is 4.52 Å². The van der Waals surface area contributed by atoms with Crippen molar-refractivity contribution in [2.24, 2.45) is 0 Å². The first kappa shape index (κ1) is 14.0. The number of nitriles is 1. The molecule has 3 rings (SSSR count). The Morgan fingerprint density at radius 3 is 2.77 bits per heavy atom. The predicted molar refractivity (Wildman–Crippen MR) is 81.5 cm³/mol. The number of hydrogen-bond donors (Lipinski definition) is 1. The Labute approximate surface area is 130 Å². The topological polar surface area (TPSA) is 91.8 Å². The number of anilines is 1. The van der Waals surface area contributed by atoms with Crippen LogP contribution in [0.3, 0.4) is 0 Å². The smallest absolute Gasteiger partial charge is 0.279 e. The first-order valence-electron chi connectivity index (χ1n) is 6.36. The zero-order valence-electron chi connectivity index (χ0n) is 11.5. The van der Waals surface area contributed by atoms with Gasteiger partial charge in [0, 0.05) is 17.0 Å². The van der Waals surface area contributed by atoms with E-state index in [1.165, 1.54) is 11.3 Å². The van der Waals surface area contributed by atoms with Crippen LogP contribution in [0.15, 0.2) is 40.2 Å². The number of aromatic nitrogens is 2. The molecule has 0 spiro atoms. The highest BCUT2D eigenvalue weighted by Gasteiger charge is 2.13. The summed E-state index contributed by atoms with van der Waals surface area (Å²) >= 11 is 1.32. The molecule has 0 atom stereocenters. The molecule has 1 aromatic carbocycles. The van der Waals surface area contributed by atoms with Crippen LogP contribution in [0.5, 0.6) is 0 Å². The lowest BCUT2D eigenvalue weighted by Gasteiger charge is -1.98. The summed E-state index contributed by atoms with van der Waals surface area (Å²) in [4.78, 5) is 16.3. The molecule has 0 aliphatic carbocycles. The van der Waals surface area contributed by atoms with E-state index in [1.807, 2.05) is 17.5 Å². The molecule has 0 saturated heterocycles. The third-order valence-corrected chi connectivity index (χ3v) is 3.65. The lowest BCUT2D eigenvalue weighted by Crippen LogP contribution is -2.11. The van der Waals surface area contributed by atoms with Gasteiger partial charge in [-0.25, -0.2) is 4.98 Å². The van der Waals surface area contributed by atoms with Gasteiger partial charge in [0.05, 0.1) is 17.3 Å². The number of thiazole rings is 1. The number of hydrogen-bond acceptors (Lipinski definition) is 6. The summed E-state index contributed by atoms with van der Waals surface area (Å²) in [5.41, 5.74) is 2.43. The Balaban J connectivity index is 1.76. The van der Waals surface area contributed by atoms with Crippen molar-refractivity contribution < 1.29 is 9.32 Å². The number of nitrogens with zero attached hydrogens (tertiary/aromatic N) is 3. The highest BCUT2D eigenvalue weighted by atomic mass is 32.1. The second-order valence-electron chi connectivity index (χ2n) is 4.50. The fourth-order valence-corrected chi connectivity index (χ4v) is 2.53. The van der Waals surface area contributed by atoms with E-state index in [2.05, 4.69) is 21.5 Å². The summed E-state index contributed by atoms with van der Waals surface area (Å²) in [5, 5.41) is 17.4. The molecule has 1 N–H and O–H groups in total. The number of amides is 1. The maximum Gasteiger partial charge on any atom is 0.279 e. The van der Waals surface area contributed by atoms with Crippen LogP contribution in [0.2, 0.25) is 0 Å². The van der Waals surface area contributed by atoms with Crippen molar-refractivity contribution in [3.63, 3.8) is 0 Å². The summed E-state index contributed by atoms with van der Waals surface area (Å²) in [6.45, 7) is 1.72. The standard InChI is InChI=1S/C15H10N4O2S/c1-9-6-12(19-21-9)14(20)18-15-17-13(8-22-15)11-4-2-10(7-16)3-5-11/h2-6,8H,1H3,(H,17,18,20). The zero-order valence-corrected chi connectivity index (χ0v) is 12.3. The Kier molecular flexibility index (Phi) is 3.68. The van der Waals surface area contributed by atoms with Crippen LogP contribution in [-0.4, -0.2) is 16.0 Å². The molecule has 0 saturated carbocycles. The molecule has 7 heteroatoms. The summed E-state index contributed by atoms with van der Waals surface area (Å²) < 4.78 is 4.87. The number of carbonyl (C=O) groups excluding carboxylic acids is 1. The monoisotopic (exact) mass is 310 g/mol. The highest BCUT2D eigenvalue weighted by molar-refractivity contribution is 7.14. The van der Waals surface area contributed by atoms with Gasteiger partial charge in [-0.1, -0.05) is 17.3 Å². The maximum atomic E-state index is 12.0. The largest absolute Gasteiger partial charge is 0.361 e. The van der Waals surface area contributed by atoms with Crippen molar-refractivity contribution in [2.75, 3.05) is 5.32 Å². The molecule has 0 fully saturated rings. The van der Waals surface area contributed by atoms with Gasteiger partial charge in [0.25, 0.3) is 5.91 Å². The normalized spacial score (nSPS) is 10.2. The van der Waals surface area contributed by atoms with Gasteiger partial charge in [-0.2, -0.15) is 5.26 Å². The molecular weight excluding hydrogens is 300 g/mol. The Morgan fingerprint density at radius 1 is 1.36 bits per heavy atom. The van der Waals surface area contributed by atoms with Gasteiger partial charge in [-0.3, -0.25) is 10.1 Å². The minimum atomic E-state index is -0.363. The van der Waals surface area contributed by atoms with Crippen molar-refractivity contribution in [3.8, 4) is 17.3 Å². The first-order chi connectivity index (χ1) is 10.7. The Hall–Kier alpha value is -2.98. The van der Waals surface area contributed by atoms with Gasteiger partial charge in [0.15, 0.2) is 10.8 Å². The maximum absolute atomic E-state index is 12.0. The fraction of sp³-hybridized carbons (Fsp3) is 0.0667. The molecule has 0 unspecified atom stereocenters. The number of nitrogens with one attached hydrogen (secondary N) is 1.